The number of carbonyl (C=O) groups excluding carboxylic acids is 1. The number of nitro groups is 1. The van der Waals surface area contributed by atoms with E-state index in [1.165, 1.54) is 18.2 Å². The zero-order chi connectivity index (χ0) is 27.3. The first-order valence-corrected chi connectivity index (χ1v) is 13.1. The SMILES string of the molecule is O=C(/C=C/c1ccccc1)OCCCCCCOc1ccc(-c2ccc(-c3ccc([N+](=O)[O-])cc3)cc2)cc1. The standard InChI is InChI=1S/C33H31NO5/c35-33(23-10-26-8-4-3-5-9-26)39-25-7-2-1-6-24-38-32-21-17-30(18-22-32)28-13-11-27(12-14-28)29-15-19-31(20-16-29)34(36)37/h3-5,8-23H,1-2,6-7,24-25H2/b23-10+. The molecule has 0 spiro atoms. The third kappa shape index (κ3) is 8.68. The molecule has 0 saturated carbocycles. The molecule has 0 aromatic heterocycles. The highest BCUT2D eigenvalue weighted by atomic mass is 16.6. The highest BCUT2D eigenvalue weighted by Gasteiger charge is 2.06. The van der Waals surface area contributed by atoms with E-state index in [1.807, 2.05) is 78.9 Å². The van der Waals surface area contributed by atoms with E-state index in [2.05, 4.69) is 0 Å². The van der Waals surface area contributed by atoms with Crippen molar-refractivity contribution in [2.24, 2.45) is 0 Å². The van der Waals surface area contributed by atoms with Gasteiger partial charge >= 0.3 is 5.97 Å². The van der Waals surface area contributed by atoms with Gasteiger partial charge in [-0.25, -0.2) is 4.79 Å². The van der Waals surface area contributed by atoms with Gasteiger partial charge in [0, 0.05) is 18.2 Å². The minimum Gasteiger partial charge on any atom is -0.494 e. The van der Waals surface area contributed by atoms with Crippen LogP contribution in [0.4, 0.5) is 5.69 Å². The van der Waals surface area contributed by atoms with E-state index in [0.717, 1.165) is 59.3 Å². The number of unbranched alkanes of at least 4 members (excludes halogenated alkanes) is 3. The molecule has 0 radical (unpaired) electrons. The first-order chi connectivity index (χ1) is 19.1. The number of nitro benzene ring substituents is 1. The lowest BCUT2D eigenvalue weighted by Crippen LogP contribution is -2.02. The summed E-state index contributed by atoms with van der Waals surface area (Å²) in [5.41, 5.74) is 5.18. The Morgan fingerprint density at radius 1 is 0.667 bits per heavy atom. The Kier molecular flexibility index (Phi) is 10.0. The van der Waals surface area contributed by atoms with Crippen molar-refractivity contribution in [3.8, 4) is 28.0 Å². The van der Waals surface area contributed by atoms with Gasteiger partial charge < -0.3 is 9.47 Å². The predicted molar refractivity (Wildman–Crippen MR) is 154 cm³/mol. The van der Waals surface area contributed by atoms with Crippen molar-refractivity contribution in [2.45, 2.75) is 25.7 Å². The quantitative estimate of drug-likeness (QED) is 0.0583. The topological polar surface area (TPSA) is 78.7 Å². The van der Waals surface area contributed by atoms with Crippen LogP contribution in [0.25, 0.3) is 28.3 Å². The average molecular weight is 522 g/mol. The fraction of sp³-hybridized carbons (Fsp3) is 0.182. The van der Waals surface area contributed by atoms with Gasteiger partial charge in [-0.3, -0.25) is 10.1 Å². The molecule has 198 valence electrons. The van der Waals surface area contributed by atoms with Gasteiger partial charge in [0.05, 0.1) is 18.1 Å². The number of hydrogen-bond donors (Lipinski definition) is 0. The maximum Gasteiger partial charge on any atom is 0.330 e. The Bertz CT molecular complexity index is 1360. The smallest absolute Gasteiger partial charge is 0.330 e. The molecule has 0 unspecified atom stereocenters. The van der Waals surface area contributed by atoms with E-state index in [0.29, 0.717) is 13.2 Å². The summed E-state index contributed by atoms with van der Waals surface area (Å²) in [5.74, 6) is 0.520. The second kappa shape index (κ2) is 14.3. The first-order valence-electron chi connectivity index (χ1n) is 13.1. The van der Waals surface area contributed by atoms with Crippen LogP contribution in [0.15, 0.2) is 109 Å². The molecule has 39 heavy (non-hydrogen) atoms. The zero-order valence-corrected chi connectivity index (χ0v) is 21.7. The Balaban J connectivity index is 1.12. The maximum absolute atomic E-state index is 11.8. The van der Waals surface area contributed by atoms with E-state index in [-0.39, 0.29) is 11.7 Å². The Hall–Kier alpha value is -4.71. The summed E-state index contributed by atoms with van der Waals surface area (Å²) in [4.78, 5) is 22.2. The molecule has 4 aromatic carbocycles. The van der Waals surface area contributed by atoms with Gasteiger partial charge in [-0.05, 0) is 83.8 Å². The van der Waals surface area contributed by atoms with Crippen LogP contribution < -0.4 is 4.74 Å². The van der Waals surface area contributed by atoms with E-state index in [1.54, 1.807) is 18.2 Å². The average Bonchev–Trinajstić information content (AvgIpc) is 2.98. The summed E-state index contributed by atoms with van der Waals surface area (Å²) in [5, 5.41) is 10.8. The molecule has 0 fully saturated rings. The van der Waals surface area contributed by atoms with Crippen molar-refractivity contribution in [3.05, 3.63) is 125 Å². The van der Waals surface area contributed by atoms with Gasteiger partial charge in [-0.2, -0.15) is 0 Å². The van der Waals surface area contributed by atoms with E-state index >= 15 is 0 Å². The summed E-state index contributed by atoms with van der Waals surface area (Å²) >= 11 is 0. The normalized spacial score (nSPS) is 10.9. The van der Waals surface area contributed by atoms with Gasteiger partial charge in [-0.15, -0.1) is 0 Å². The van der Waals surface area contributed by atoms with Gasteiger partial charge in [0.15, 0.2) is 0 Å². The predicted octanol–water partition coefficient (Wildman–Crippen LogP) is 8.12. The summed E-state index contributed by atoms with van der Waals surface area (Å²) < 4.78 is 11.1. The number of carbonyl (C=O) groups is 1. The largest absolute Gasteiger partial charge is 0.494 e. The lowest BCUT2D eigenvalue weighted by Gasteiger charge is -2.08. The van der Waals surface area contributed by atoms with Crippen molar-refractivity contribution >= 4 is 17.7 Å². The molecule has 0 aliphatic rings. The highest BCUT2D eigenvalue weighted by Crippen LogP contribution is 2.27. The van der Waals surface area contributed by atoms with Crippen molar-refractivity contribution < 1.29 is 19.2 Å². The van der Waals surface area contributed by atoms with Crippen LogP contribution in [-0.4, -0.2) is 24.1 Å². The zero-order valence-electron chi connectivity index (χ0n) is 21.7. The molecular formula is C33H31NO5. The van der Waals surface area contributed by atoms with Crippen LogP contribution in [0.2, 0.25) is 0 Å². The second-order valence-electron chi connectivity index (χ2n) is 9.08. The number of nitrogens with zero attached hydrogens (tertiary/aromatic N) is 1. The Labute approximate surface area is 228 Å². The highest BCUT2D eigenvalue weighted by molar-refractivity contribution is 5.87. The third-order valence-corrected chi connectivity index (χ3v) is 6.25. The molecule has 6 nitrogen and oxygen atoms in total. The molecule has 0 bridgehead atoms. The van der Waals surface area contributed by atoms with Gasteiger partial charge in [0.2, 0.25) is 0 Å². The molecule has 0 atom stereocenters. The molecule has 0 amide bonds. The van der Waals surface area contributed by atoms with Gasteiger partial charge in [0.25, 0.3) is 5.69 Å². The molecule has 0 aliphatic carbocycles. The van der Waals surface area contributed by atoms with E-state index < -0.39 is 4.92 Å². The Morgan fingerprint density at radius 2 is 1.18 bits per heavy atom. The van der Waals surface area contributed by atoms with Gasteiger partial charge in [0.1, 0.15) is 5.75 Å². The van der Waals surface area contributed by atoms with Crippen LogP contribution in [0.5, 0.6) is 5.75 Å². The number of ether oxygens (including phenoxy) is 2. The minimum absolute atomic E-state index is 0.0866. The van der Waals surface area contributed by atoms with Crippen LogP contribution in [0.1, 0.15) is 31.2 Å². The minimum atomic E-state index is -0.394. The number of non-ortho nitro benzene ring substituents is 1. The maximum atomic E-state index is 11.8. The monoisotopic (exact) mass is 521 g/mol. The number of hydrogen-bond acceptors (Lipinski definition) is 5. The molecule has 0 saturated heterocycles. The summed E-state index contributed by atoms with van der Waals surface area (Å²) in [6, 6.07) is 32.4. The number of esters is 1. The third-order valence-electron chi connectivity index (χ3n) is 6.25. The number of rotatable bonds is 13. The molecule has 0 N–H and O–H groups in total. The molecule has 6 heteroatoms. The summed E-state index contributed by atoms with van der Waals surface area (Å²) in [7, 11) is 0. The molecular weight excluding hydrogens is 490 g/mol. The van der Waals surface area contributed by atoms with Crippen molar-refractivity contribution in [1.82, 2.24) is 0 Å². The van der Waals surface area contributed by atoms with Gasteiger partial charge in [-0.1, -0.05) is 66.7 Å². The fourth-order valence-corrected chi connectivity index (χ4v) is 4.07. The van der Waals surface area contributed by atoms with Crippen LogP contribution in [0, 0.1) is 10.1 Å². The van der Waals surface area contributed by atoms with Crippen LogP contribution >= 0.6 is 0 Å². The summed E-state index contributed by atoms with van der Waals surface area (Å²) in [6.45, 7) is 1.07. The number of benzene rings is 4. The van der Waals surface area contributed by atoms with Crippen molar-refractivity contribution in [2.75, 3.05) is 13.2 Å². The van der Waals surface area contributed by atoms with Crippen molar-refractivity contribution in [3.63, 3.8) is 0 Å². The van der Waals surface area contributed by atoms with E-state index in [9.17, 15) is 14.9 Å². The Morgan fingerprint density at radius 3 is 1.74 bits per heavy atom. The lowest BCUT2D eigenvalue weighted by atomic mass is 10.0. The fourth-order valence-electron chi connectivity index (χ4n) is 4.07. The molecule has 4 rings (SSSR count). The molecule has 0 heterocycles. The lowest BCUT2D eigenvalue weighted by molar-refractivity contribution is -0.384. The second-order valence-corrected chi connectivity index (χ2v) is 9.08. The molecule has 4 aromatic rings. The van der Waals surface area contributed by atoms with Crippen molar-refractivity contribution in [1.29, 1.82) is 0 Å². The summed E-state index contributed by atoms with van der Waals surface area (Å²) in [6.07, 6.45) is 6.98. The first kappa shape index (κ1) is 27.3. The van der Waals surface area contributed by atoms with E-state index in [4.69, 9.17) is 9.47 Å². The van der Waals surface area contributed by atoms with Crippen LogP contribution in [0.3, 0.4) is 0 Å². The van der Waals surface area contributed by atoms with Crippen LogP contribution in [-0.2, 0) is 9.53 Å². The molecule has 0 aliphatic heterocycles.